The predicted octanol–water partition coefficient (Wildman–Crippen LogP) is 2.65. The summed E-state index contributed by atoms with van der Waals surface area (Å²) < 4.78 is 27.6. The molecular formula is C13H17ClN2O4S. The lowest BCUT2D eigenvalue weighted by Crippen LogP contribution is -2.38. The molecule has 21 heavy (non-hydrogen) atoms. The highest BCUT2D eigenvalue weighted by atomic mass is 35.5. The van der Waals surface area contributed by atoms with Crippen LogP contribution < -0.4 is 4.72 Å². The number of rotatable bonds is 4. The Morgan fingerprint density at radius 2 is 2.00 bits per heavy atom. The highest BCUT2D eigenvalue weighted by Crippen LogP contribution is 2.29. The summed E-state index contributed by atoms with van der Waals surface area (Å²) in [6, 6.07) is 2.15. The van der Waals surface area contributed by atoms with Crippen molar-refractivity contribution in [3.8, 4) is 0 Å². The second kappa shape index (κ2) is 5.90. The van der Waals surface area contributed by atoms with Gasteiger partial charge >= 0.3 is 0 Å². The van der Waals surface area contributed by atoms with Gasteiger partial charge < -0.3 is 0 Å². The summed E-state index contributed by atoms with van der Waals surface area (Å²) in [6.45, 7) is 3.29. The van der Waals surface area contributed by atoms with Crippen LogP contribution in [0.5, 0.6) is 0 Å². The maximum absolute atomic E-state index is 12.5. The van der Waals surface area contributed by atoms with E-state index in [0.29, 0.717) is 17.5 Å². The molecule has 0 aromatic heterocycles. The number of nitrogens with one attached hydrogen (secondary N) is 1. The molecule has 0 spiro atoms. The third-order valence-electron chi connectivity index (χ3n) is 3.84. The average molecular weight is 333 g/mol. The Bertz CT molecular complexity index is 675. The first-order valence-corrected chi connectivity index (χ1v) is 8.56. The Morgan fingerprint density at radius 1 is 1.33 bits per heavy atom. The molecule has 0 bridgehead atoms. The van der Waals surface area contributed by atoms with Gasteiger partial charge in [0.2, 0.25) is 10.0 Å². The normalized spacial score (nSPS) is 22.4. The zero-order valence-corrected chi connectivity index (χ0v) is 13.4. The number of non-ortho nitro benzene ring substituents is 1. The van der Waals surface area contributed by atoms with Gasteiger partial charge in [0.1, 0.15) is 0 Å². The van der Waals surface area contributed by atoms with Gasteiger partial charge in [-0.3, -0.25) is 10.1 Å². The number of alkyl halides is 1. The van der Waals surface area contributed by atoms with Crippen LogP contribution in [0.15, 0.2) is 17.0 Å². The lowest BCUT2D eigenvalue weighted by Gasteiger charge is -2.17. The number of aryl methyl sites for hydroxylation is 1. The molecule has 1 aliphatic rings. The second-order valence-corrected chi connectivity index (χ2v) is 7.56. The number of hydrogen-bond donors (Lipinski definition) is 1. The summed E-state index contributed by atoms with van der Waals surface area (Å²) in [5.74, 6) is 0. The zero-order chi connectivity index (χ0) is 15.8. The van der Waals surface area contributed by atoms with Gasteiger partial charge in [-0.25, -0.2) is 13.1 Å². The van der Waals surface area contributed by atoms with E-state index in [4.69, 9.17) is 11.6 Å². The average Bonchev–Trinajstić information content (AvgIpc) is 2.77. The standard InChI is InChI=1S/C13H17ClN2O4S/c1-8-6-10(16(17)18)7-13(9(8)2)21(19,20)15-12-5-3-4-11(12)14/h6-7,11-12,15H,3-5H2,1-2H3. The van der Waals surface area contributed by atoms with Crippen molar-refractivity contribution in [2.75, 3.05) is 0 Å². The Balaban J connectivity index is 2.41. The molecule has 0 amide bonds. The number of nitro groups is 1. The van der Waals surface area contributed by atoms with Gasteiger partial charge in [0.25, 0.3) is 5.69 Å². The molecule has 1 N–H and O–H groups in total. The third kappa shape index (κ3) is 3.36. The smallest absolute Gasteiger partial charge is 0.258 e. The molecular weight excluding hydrogens is 316 g/mol. The quantitative estimate of drug-likeness (QED) is 0.521. The molecule has 1 aromatic rings. The van der Waals surface area contributed by atoms with E-state index in [9.17, 15) is 18.5 Å². The van der Waals surface area contributed by atoms with Crippen molar-refractivity contribution in [1.82, 2.24) is 4.72 Å². The fourth-order valence-electron chi connectivity index (χ4n) is 2.50. The fraction of sp³-hybridized carbons (Fsp3) is 0.538. The van der Waals surface area contributed by atoms with Crippen LogP contribution in [0.2, 0.25) is 0 Å². The van der Waals surface area contributed by atoms with Crippen molar-refractivity contribution in [3.05, 3.63) is 33.4 Å². The monoisotopic (exact) mass is 332 g/mol. The Hall–Kier alpha value is -1.18. The van der Waals surface area contributed by atoms with Crippen LogP contribution in [0.25, 0.3) is 0 Å². The highest BCUT2D eigenvalue weighted by molar-refractivity contribution is 7.89. The SMILES string of the molecule is Cc1cc([N+](=O)[O-])cc(S(=O)(=O)NC2CCCC2Cl)c1C. The highest BCUT2D eigenvalue weighted by Gasteiger charge is 2.31. The molecule has 1 aromatic carbocycles. The Labute approximate surface area is 128 Å². The first-order chi connectivity index (χ1) is 9.72. The minimum absolute atomic E-state index is 0.0510. The molecule has 2 unspecified atom stereocenters. The summed E-state index contributed by atoms with van der Waals surface area (Å²) >= 11 is 6.09. The summed E-state index contributed by atoms with van der Waals surface area (Å²) in [5, 5.41) is 10.7. The minimum atomic E-state index is -3.82. The van der Waals surface area contributed by atoms with E-state index in [2.05, 4.69) is 4.72 Å². The van der Waals surface area contributed by atoms with Gasteiger partial charge in [0, 0.05) is 23.6 Å². The molecule has 116 valence electrons. The van der Waals surface area contributed by atoms with E-state index >= 15 is 0 Å². The van der Waals surface area contributed by atoms with Crippen LogP contribution in [0.4, 0.5) is 5.69 Å². The number of sulfonamides is 1. The van der Waals surface area contributed by atoms with Crippen molar-refractivity contribution in [2.45, 2.75) is 49.4 Å². The van der Waals surface area contributed by atoms with Gasteiger partial charge in [0.15, 0.2) is 0 Å². The molecule has 0 radical (unpaired) electrons. The van der Waals surface area contributed by atoms with Crippen molar-refractivity contribution in [2.24, 2.45) is 0 Å². The summed E-state index contributed by atoms with van der Waals surface area (Å²) in [7, 11) is -3.82. The van der Waals surface area contributed by atoms with Crippen LogP contribution >= 0.6 is 11.6 Å². The molecule has 2 atom stereocenters. The Morgan fingerprint density at radius 3 is 2.52 bits per heavy atom. The van der Waals surface area contributed by atoms with Crippen LogP contribution in [0.1, 0.15) is 30.4 Å². The number of hydrogen-bond acceptors (Lipinski definition) is 4. The maximum Gasteiger partial charge on any atom is 0.271 e. The molecule has 6 nitrogen and oxygen atoms in total. The second-order valence-electron chi connectivity index (χ2n) is 5.32. The van der Waals surface area contributed by atoms with Crippen LogP contribution in [0, 0.1) is 24.0 Å². The van der Waals surface area contributed by atoms with Gasteiger partial charge in [0.05, 0.1) is 9.82 Å². The molecule has 0 aliphatic heterocycles. The molecule has 0 heterocycles. The summed E-state index contributed by atoms with van der Waals surface area (Å²) in [6.07, 6.45) is 2.32. The fourth-order valence-corrected chi connectivity index (χ4v) is 4.57. The molecule has 2 rings (SSSR count). The van der Waals surface area contributed by atoms with Crippen LogP contribution in [-0.2, 0) is 10.0 Å². The lowest BCUT2D eigenvalue weighted by atomic mass is 10.1. The van der Waals surface area contributed by atoms with Crippen LogP contribution in [-0.4, -0.2) is 24.8 Å². The number of halogens is 1. The molecule has 1 saturated carbocycles. The van der Waals surface area contributed by atoms with Gasteiger partial charge in [-0.05, 0) is 37.8 Å². The topological polar surface area (TPSA) is 89.3 Å². The summed E-state index contributed by atoms with van der Waals surface area (Å²) in [4.78, 5) is 10.3. The van der Waals surface area contributed by atoms with E-state index in [-0.39, 0.29) is 22.0 Å². The van der Waals surface area contributed by atoms with E-state index in [0.717, 1.165) is 18.9 Å². The van der Waals surface area contributed by atoms with E-state index in [1.54, 1.807) is 13.8 Å². The minimum Gasteiger partial charge on any atom is -0.258 e. The van der Waals surface area contributed by atoms with E-state index in [1.165, 1.54) is 6.07 Å². The van der Waals surface area contributed by atoms with Crippen LogP contribution in [0.3, 0.4) is 0 Å². The molecule has 8 heteroatoms. The zero-order valence-electron chi connectivity index (χ0n) is 11.8. The molecule has 1 aliphatic carbocycles. The van der Waals surface area contributed by atoms with Gasteiger partial charge in [-0.1, -0.05) is 6.42 Å². The maximum atomic E-state index is 12.5. The summed E-state index contributed by atoms with van der Waals surface area (Å²) in [5.41, 5.74) is 0.850. The van der Waals surface area contributed by atoms with Gasteiger partial charge in [-0.2, -0.15) is 0 Å². The Kier molecular flexibility index (Phi) is 4.55. The van der Waals surface area contributed by atoms with E-state index in [1.807, 2.05) is 0 Å². The first kappa shape index (κ1) is 16.2. The third-order valence-corrected chi connectivity index (χ3v) is 5.98. The number of nitrogens with zero attached hydrogens (tertiary/aromatic N) is 1. The van der Waals surface area contributed by atoms with Crippen molar-refractivity contribution >= 4 is 27.3 Å². The lowest BCUT2D eigenvalue weighted by molar-refractivity contribution is -0.385. The first-order valence-electron chi connectivity index (χ1n) is 6.64. The van der Waals surface area contributed by atoms with Crippen molar-refractivity contribution < 1.29 is 13.3 Å². The van der Waals surface area contributed by atoms with E-state index < -0.39 is 14.9 Å². The number of benzene rings is 1. The van der Waals surface area contributed by atoms with Gasteiger partial charge in [-0.15, -0.1) is 11.6 Å². The largest absolute Gasteiger partial charge is 0.271 e. The predicted molar refractivity (Wildman–Crippen MR) is 80.2 cm³/mol. The van der Waals surface area contributed by atoms with Crippen molar-refractivity contribution in [3.63, 3.8) is 0 Å². The number of nitro benzene ring substituents is 1. The van der Waals surface area contributed by atoms with Crippen molar-refractivity contribution in [1.29, 1.82) is 0 Å². The molecule has 1 fully saturated rings. The molecule has 0 saturated heterocycles.